The van der Waals surface area contributed by atoms with Crippen LogP contribution in [0.25, 0.3) is 0 Å². The predicted octanol–water partition coefficient (Wildman–Crippen LogP) is 1.44. The first kappa shape index (κ1) is 12.2. The van der Waals surface area contributed by atoms with Gasteiger partial charge < -0.3 is 15.6 Å². The van der Waals surface area contributed by atoms with Gasteiger partial charge in [-0.3, -0.25) is 4.79 Å². The maximum absolute atomic E-state index is 11.0. The van der Waals surface area contributed by atoms with E-state index in [1.165, 1.54) is 0 Å². The molecule has 1 heterocycles. The van der Waals surface area contributed by atoms with Gasteiger partial charge >= 0.3 is 0 Å². The van der Waals surface area contributed by atoms with Crippen molar-refractivity contribution in [3.63, 3.8) is 0 Å². The number of hydrogen-bond acceptors (Lipinski definition) is 3. The lowest BCUT2D eigenvalue weighted by atomic mass is 10.1. The van der Waals surface area contributed by atoms with Crippen molar-refractivity contribution in [3.8, 4) is 0 Å². The highest BCUT2D eigenvalue weighted by molar-refractivity contribution is 5.93. The molecular formula is C13H16N4O. The summed E-state index contributed by atoms with van der Waals surface area (Å²) in [6.45, 7) is 2.63. The van der Waals surface area contributed by atoms with E-state index in [9.17, 15) is 4.79 Å². The quantitative estimate of drug-likeness (QED) is 0.854. The Bertz CT molecular complexity index is 574. The fourth-order valence-electron chi connectivity index (χ4n) is 1.76. The standard InChI is InChI=1S/C13H16N4O/c1-9-5-10(13(14)18)3-4-12(9)16-7-11-6-15-8-17(11)2/h3-6,8,16H,7H2,1-2H3,(H2,14,18). The van der Waals surface area contributed by atoms with E-state index in [2.05, 4.69) is 10.3 Å². The van der Waals surface area contributed by atoms with Crippen molar-refractivity contribution in [1.82, 2.24) is 9.55 Å². The van der Waals surface area contributed by atoms with Crippen LogP contribution in [0.1, 0.15) is 21.6 Å². The molecule has 0 aliphatic rings. The molecule has 1 aromatic heterocycles. The summed E-state index contributed by atoms with van der Waals surface area (Å²) in [5.41, 5.74) is 8.83. The molecule has 18 heavy (non-hydrogen) atoms. The summed E-state index contributed by atoms with van der Waals surface area (Å²) in [6, 6.07) is 5.38. The molecule has 0 aliphatic heterocycles. The van der Waals surface area contributed by atoms with Gasteiger partial charge in [-0.1, -0.05) is 0 Å². The number of nitrogens with two attached hydrogens (primary N) is 1. The first-order valence-electron chi connectivity index (χ1n) is 5.67. The molecule has 0 radical (unpaired) electrons. The first-order chi connectivity index (χ1) is 8.58. The zero-order valence-electron chi connectivity index (χ0n) is 10.5. The molecule has 2 aromatic rings. The number of aromatic nitrogens is 2. The van der Waals surface area contributed by atoms with Gasteiger partial charge in [0.25, 0.3) is 0 Å². The molecule has 0 atom stereocenters. The van der Waals surface area contributed by atoms with Gasteiger partial charge in [0.15, 0.2) is 0 Å². The third kappa shape index (κ3) is 2.51. The normalized spacial score (nSPS) is 10.3. The minimum absolute atomic E-state index is 0.406. The van der Waals surface area contributed by atoms with E-state index < -0.39 is 5.91 Å². The van der Waals surface area contributed by atoms with Crippen LogP contribution < -0.4 is 11.1 Å². The highest BCUT2D eigenvalue weighted by Crippen LogP contribution is 2.17. The second-order valence-corrected chi connectivity index (χ2v) is 4.24. The van der Waals surface area contributed by atoms with Gasteiger partial charge in [-0.15, -0.1) is 0 Å². The zero-order chi connectivity index (χ0) is 13.1. The van der Waals surface area contributed by atoms with Gasteiger partial charge in [0, 0.05) is 24.5 Å². The Morgan fingerprint density at radius 3 is 2.83 bits per heavy atom. The maximum Gasteiger partial charge on any atom is 0.248 e. The molecule has 0 spiro atoms. The molecule has 3 N–H and O–H groups in total. The van der Waals surface area contributed by atoms with Crippen molar-refractivity contribution >= 4 is 11.6 Å². The molecule has 0 bridgehead atoms. The van der Waals surface area contributed by atoms with Crippen LogP contribution in [0.2, 0.25) is 0 Å². The third-order valence-electron chi connectivity index (χ3n) is 2.89. The Labute approximate surface area is 106 Å². The number of imidazole rings is 1. The molecule has 0 saturated carbocycles. The minimum atomic E-state index is -0.406. The van der Waals surface area contributed by atoms with Crippen molar-refractivity contribution in [1.29, 1.82) is 0 Å². The number of hydrogen-bond donors (Lipinski definition) is 2. The van der Waals surface area contributed by atoms with Gasteiger partial charge in [0.05, 0.1) is 18.6 Å². The molecule has 0 fully saturated rings. The number of primary amides is 1. The summed E-state index contributed by atoms with van der Waals surface area (Å²) in [5.74, 6) is -0.406. The maximum atomic E-state index is 11.0. The highest BCUT2D eigenvalue weighted by atomic mass is 16.1. The van der Waals surface area contributed by atoms with Crippen molar-refractivity contribution in [2.45, 2.75) is 13.5 Å². The van der Waals surface area contributed by atoms with Gasteiger partial charge in [0.2, 0.25) is 5.91 Å². The molecule has 1 amide bonds. The van der Waals surface area contributed by atoms with E-state index in [4.69, 9.17) is 5.73 Å². The van der Waals surface area contributed by atoms with E-state index >= 15 is 0 Å². The minimum Gasteiger partial charge on any atom is -0.379 e. The Morgan fingerprint density at radius 2 is 2.28 bits per heavy atom. The van der Waals surface area contributed by atoms with Crippen molar-refractivity contribution in [2.24, 2.45) is 12.8 Å². The number of nitrogens with one attached hydrogen (secondary N) is 1. The Morgan fingerprint density at radius 1 is 1.50 bits per heavy atom. The van der Waals surface area contributed by atoms with Crippen LogP contribution in [0.3, 0.4) is 0 Å². The number of benzene rings is 1. The Hall–Kier alpha value is -2.30. The van der Waals surface area contributed by atoms with Gasteiger partial charge in [0.1, 0.15) is 0 Å². The molecule has 94 valence electrons. The van der Waals surface area contributed by atoms with Gasteiger partial charge in [-0.05, 0) is 30.7 Å². The van der Waals surface area contributed by atoms with E-state index in [1.807, 2.05) is 30.8 Å². The molecular weight excluding hydrogens is 228 g/mol. The van der Waals surface area contributed by atoms with Gasteiger partial charge in [-0.2, -0.15) is 0 Å². The smallest absolute Gasteiger partial charge is 0.248 e. The fourth-order valence-corrected chi connectivity index (χ4v) is 1.76. The number of carbonyl (C=O) groups is 1. The van der Waals surface area contributed by atoms with Crippen LogP contribution in [0.4, 0.5) is 5.69 Å². The molecule has 1 aromatic carbocycles. The molecule has 0 aliphatic carbocycles. The number of carbonyl (C=O) groups excluding carboxylic acids is 1. The monoisotopic (exact) mass is 244 g/mol. The topological polar surface area (TPSA) is 72.9 Å². The van der Waals surface area contributed by atoms with E-state index in [-0.39, 0.29) is 0 Å². The van der Waals surface area contributed by atoms with Crippen molar-refractivity contribution < 1.29 is 4.79 Å². The van der Waals surface area contributed by atoms with Gasteiger partial charge in [-0.25, -0.2) is 4.98 Å². The van der Waals surface area contributed by atoms with E-state index in [1.54, 1.807) is 18.5 Å². The molecule has 0 unspecified atom stereocenters. The largest absolute Gasteiger partial charge is 0.379 e. The van der Waals surface area contributed by atoms with Crippen LogP contribution in [0.15, 0.2) is 30.7 Å². The zero-order valence-corrected chi connectivity index (χ0v) is 10.5. The Kier molecular flexibility index (Phi) is 3.32. The van der Waals surface area contributed by atoms with Crippen LogP contribution in [-0.2, 0) is 13.6 Å². The summed E-state index contributed by atoms with van der Waals surface area (Å²) in [4.78, 5) is 15.1. The van der Waals surface area contributed by atoms with Crippen LogP contribution in [-0.4, -0.2) is 15.5 Å². The lowest BCUT2D eigenvalue weighted by Gasteiger charge is -2.10. The van der Waals surface area contributed by atoms with E-state index in [0.717, 1.165) is 16.9 Å². The van der Waals surface area contributed by atoms with Crippen LogP contribution in [0, 0.1) is 6.92 Å². The molecule has 5 nitrogen and oxygen atoms in total. The lowest BCUT2D eigenvalue weighted by molar-refractivity contribution is 0.1000. The number of aryl methyl sites for hydroxylation is 2. The summed E-state index contributed by atoms with van der Waals surface area (Å²) < 4.78 is 1.96. The average molecular weight is 244 g/mol. The highest BCUT2D eigenvalue weighted by Gasteiger charge is 2.04. The molecule has 5 heteroatoms. The Balaban J connectivity index is 2.11. The predicted molar refractivity (Wildman–Crippen MR) is 70.2 cm³/mol. The second kappa shape index (κ2) is 4.91. The number of anilines is 1. The molecule has 2 rings (SSSR count). The summed E-state index contributed by atoms with van der Waals surface area (Å²) in [5, 5.41) is 3.31. The summed E-state index contributed by atoms with van der Waals surface area (Å²) in [6.07, 6.45) is 3.58. The second-order valence-electron chi connectivity index (χ2n) is 4.24. The SMILES string of the molecule is Cc1cc(C(N)=O)ccc1NCc1cncn1C. The fraction of sp³-hybridized carbons (Fsp3) is 0.231. The summed E-state index contributed by atoms with van der Waals surface area (Å²) >= 11 is 0. The first-order valence-corrected chi connectivity index (χ1v) is 5.67. The molecule has 0 saturated heterocycles. The van der Waals surface area contributed by atoms with Crippen LogP contribution in [0.5, 0.6) is 0 Å². The van der Waals surface area contributed by atoms with Crippen LogP contribution >= 0.6 is 0 Å². The van der Waals surface area contributed by atoms with Crippen molar-refractivity contribution in [2.75, 3.05) is 5.32 Å². The lowest BCUT2D eigenvalue weighted by Crippen LogP contribution is -2.11. The van der Waals surface area contributed by atoms with E-state index in [0.29, 0.717) is 12.1 Å². The number of rotatable bonds is 4. The number of nitrogens with zero attached hydrogens (tertiary/aromatic N) is 2. The third-order valence-corrected chi connectivity index (χ3v) is 2.89. The average Bonchev–Trinajstić information content (AvgIpc) is 2.73. The summed E-state index contributed by atoms with van der Waals surface area (Å²) in [7, 11) is 1.95. The van der Waals surface area contributed by atoms with Crippen molar-refractivity contribution in [3.05, 3.63) is 47.5 Å². The number of amides is 1.